The Kier molecular flexibility index (Phi) is 32.1. The van der Waals surface area contributed by atoms with Gasteiger partial charge in [0.15, 0.2) is 36.6 Å². The molecule has 0 aliphatic carbocycles. The Hall–Kier alpha value is -17.0. The van der Waals surface area contributed by atoms with Gasteiger partial charge in [-0.05, 0) is 216 Å². The Morgan fingerprint density at radius 3 is 0.457 bits per heavy atom. The number of hydrogen-bond donors (Lipinski definition) is 0. The highest BCUT2D eigenvalue weighted by atomic mass is 16.7. The molecule has 138 heavy (non-hydrogen) atoms. The second-order valence-corrected chi connectivity index (χ2v) is 30.3. The molecule has 0 radical (unpaired) electrons. The molecule has 10 aromatic carbocycles. The Morgan fingerprint density at radius 2 is 0.304 bits per heavy atom. The van der Waals surface area contributed by atoms with E-state index in [0.29, 0.717) is 22.6 Å². The van der Waals surface area contributed by atoms with E-state index in [4.69, 9.17) is 94.7 Å². The second kappa shape index (κ2) is 45.6. The third-order valence-corrected chi connectivity index (χ3v) is 21.3. The summed E-state index contributed by atoms with van der Waals surface area (Å²) in [7, 11) is 0. The molecule has 12 atom stereocenters. The van der Waals surface area contributed by atoms with Crippen LogP contribution >= 0.6 is 0 Å². The van der Waals surface area contributed by atoms with Gasteiger partial charge in [-0.1, -0.05) is 88.0 Å². The summed E-state index contributed by atoms with van der Waals surface area (Å²) in [5.41, 5.74) is 5.47. The first-order valence-electron chi connectivity index (χ1n) is 42.3. The molecular formula is C104H82O34. The van der Waals surface area contributed by atoms with Gasteiger partial charge in [0.2, 0.25) is 0 Å². The number of ether oxygens (including phenoxy) is 20. The van der Waals surface area contributed by atoms with Gasteiger partial charge in [-0.3, -0.25) is 0 Å². The summed E-state index contributed by atoms with van der Waals surface area (Å²) in [5.74, 6) is -6.33. The van der Waals surface area contributed by atoms with E-state index < -0.39 is 157 Å². The van der Waals surface area contributed by atoms with Crippen molar-refractivity contribution in [2.24, 2.45) is 0 Å². The first-order chi connectivity index (χ1) is 66.8. The van der Waals surface area contributed by atoms with Crippen molar-refractivity contribution in [3.63, 3.8) is 0 Å². The van der Waals surface area contributed by atoms with Gasteiger partial charge < -0.3 is 94.7 Å². The molecule has 6 aliphatic rings. The Bertz CT molecular complexity index is 5870. The average molecular weight is 1880 g/mol. The maximum atomic E-state index is 13.0. The van der Waals surface area contributed by atoms with Gasteiger partial charge in [0.05, 0.1) is 84.1 Å². The minimum Gasteiger partial charge on any atom is -0.453 e. The number of benzene rings is 10. The predicted molar refractivity (Wildman–Crippen MR) is 481 cm³/mol. The molecule has 6 saturated heterocycles. The van der Waals surface area contributed by atoms with Gasteiger partial charge in [0.1, 0.15) is 82.6 Å². The van der Waals surface area contributed by atoms with Crippen LogP contribution in [0, 0.1) is 0 Å². The summed E-state index contributed by atoms with van der Waals surface area (Å²) in [5, 5.41) is 0. The van der Waals surface area contributed by atoms with Crippen molar-refractivity contribution < 1.29 is 162 Å². The molecule has 0 bridgehead atoms. The topological polar surface area (TPSA) is 424 Å². The first kappa shape index (κ1) is 97.0. The molecule has 3 unspecified atom stereocenters. The largest absolute Gasteiger partial charge is 0.453 e. The Balaban J connectivity index is 0.000000168. The van der Waals surface area contributed by atoms with Crippen molar-refractivity contribution in [3.05, 3.63) is 363 Å². The van der Waals surface area contributed by atoms with Crippen LogP contribution in [-0.4, -0.2) is 196 Å². The van der Waals surface area contributed by atoms with Crippen molar-refractivity contribution in [2.75, 3.05) is 39.6 Å². The summed E-state index contributed by atoms with van der Waals surface area (Å²) in [6, 6.07) is 62.4. The van der Waals surface area contributed by atoms with Crippen LogP contribution in [0.1, 0.15) is 82.9 Å². The molecule has 6 heterocycles. The summed E-state index contributed by atoms with van der Waals surface area (Å²) < 4.78 is 109. The van der Waals surface area contributed by atoms with E-state index in [2.05, 4.69) is 39.5 Å². The van der Waals surface area contributed by atoms with Gasteiger partial charge in [-0.15, -0.1) is 0 Å². The first-order valence-corrected chi connectivity index (χ1v) is 42.3. The number of esters is 14. The molecule has 6 fully saturated rings. The molecule has 34 nitrogen and oxygen atoms in total. The van der Waals surface area contributed by atoms with E-state index in [9.17, 15) is 67.1 Å². The zero-order chi connectivity index (χ0) is 97.5. The SMILES string of the molecule is C=CC(=O)Oc1ccc(-c2ccc(C(=O)OC3CO[C@@H]4[C@@H](OC(=O)c5ccc(-c6ccc(OC(=O)C=C)cc6)cc5)CO[C@H]34)cc2)cc1.C=CC(=O)Oc1ccc(C(=O)OC2CO[C@@H]3[C@@H](OC(=O)c4ccc(OC(=O)C=C)cc4)CO[C@H]23)cc1.C=CC(=O)Oc1ccc(C(=O)Oc2ccc(C(=O)OC3CO[C@@H]4[C@@H](OC(=O)c5ccc(OC(=O)c6ccc(OC(=O)C=C)cc6)cc5)CO[C@H]34)cc2)cc1. The van der Waals surface area contributed by atoms with Crippen molar-refractivity contribution >= 4 is 83.6 Å². The number of carbonyl (C=O) groups is 14. The second-order valence-electron chi connectivity index (χ2n) is 30.3. The van der Waals surface area contributed by atoms with Crippen LogP contribution in [0.2, 0.25) is 0 Å². The smallest absolute Gasteiger partial charge is 0.343 e. The molecule has 10 aromatic rings. The predicted octanol–water partition coefficient (Wildman–Crippen LogP) is 13.0. The minimum atomic E-state index is -0.773. The molecule has 702 valence electrons. The van der Waals surface area contributed by atoms with Gasteiger partial charge >= 0.3 is 83.6 Å². The number of fused-ring (bicyclic) bond motifs is 3. The molecule has 0 saturated carbocycles. The third kappa shape index (κ3) is 25.1. The maximum Gasteiger partial charge on any atom is 0.343 e. The quantitative estimate of drug-likeness (QED) is 0.0175. The van der Waals surface area contributed by atoms with Crippen LogP contribution in [0.4, 0.5) is 0 Å². The van der Waals surface area contributed by atoms with Crippen LogP contribution in [-0.2, 0) is 85.6 Å². The van der Waals surface area contributed by atoms with Crippen molar-refractivity contribution in [3.8, 4) is 68.2 Å². The van der Waals surface area contributed by atoms with Gasteiger partial charge in [0, 0.05) is 36.5 Å². The lowest BCUT2D eigenvalue weighted by Crippen LogP contribution is -2.36. The fourth-order valence-electron chi connectivity index (χ4n) is 14.4. The maximum absolute atomic E-state index is 13.0. The summed E-state index contributed by atoms with van der Waals surface area (Å²) >= 11 is 0. The van der Waals surface area contributed by atoms with Gasteiger partial charge in [-0.2, -0.15) is 0 Å². The summed E-state index contributed by atoms with van der Waals surface area (Å²) in [6.07, 6.45) is -1.67. The molecule has 6 aliphatic heterocycles. The van der Waals surface area contributed by atoms with E-state index in [1.54, 1.807) is 97.1 Å². The standard InChI is InChI=1S/C40H30O14.C38H30O10.C26H22O10/c1-3-33(41)49-27-13-5-23(6-14-27)37(43)51-29-17-9-25(10-18-29)39(45)53-31-21-47-36-32(22-48-35(31)36)54-40(46)26-11-19-30(20-12-26)52-38(44)24-7-15-28(16-8-24)50-34(42)4-2;1-3-33(39)45-29-17-13-25(14-18-29)23-5-9-27(10-6-23)37(41)47-31-21-43-36-32(22-44-35(31)36)48-38(42)28-11-7-24(8-12-28)26-15-19-30(20-16-26)46-34(40)4-2;1-3-21(27)33-17-9-5-15(6-10-17)25(29)35-19-13-31-24-20(14-32-23(19)24)36-26(30)16-7-11-18(12-8-16)34-22(28)4-2/h3-20,31-32,35-36H,1-2,21-22H2;3-20,31-32,35-36H,1-2,21-22H2;3-12,19-20,23-24H,1-2,13-14H2/t2*31-,32?,35+,36+;19-,20?,23+,24+/m000/s1. The lowest BCUT2D eigenvalue weighted by Gasteiger charge is -2.17. The fraction of sp³-hybridized carbons (Fsp3) is 0.173. The van der Waals surface area contributed by atoms with Crippen molar-refractivity contribution in [1.29, 1.82) is 0 Å². The number of carbonyl (C=O) groups excluding carboxylic acids is 14. The monoisotopic (exact) mass is 1870 g/mol. The highest BCUT2D eigenvalue weighted by molar-refractivity contribution is 5.96. The normalized spacial score (nSPS) is 19.7. The highest BCUT2D eigenvalue weighted by Crippen LogP contribution is 2.37. The van der Waals surface area contributed by atoms with E-state index in [1.807, 2.05) is 0 Å². The summed E-state index contributed by atoms with van der Waals surface area (Å²) in [4.78, 5) is 170. The van der Waals surface area contributed by atoms with Gasteiger partial charge in [0.25, 0.3) is 0 Å². The molecule has 0 N–H and O–H groups in total. The van der Waals surface area contributed by atoms with Crippen LogP contribution < -0.4 is 37.9 Å². The zero-order valence-corrected chi connectivity index (χ0v) is 72.9. The van der Waals surface area contributed by atoms with E-state index in [1.165, 1.54) is 146 Å². The van der Waals surface area contributed by atoms with E-state index in [0.717, 1.165) is 58.7 Å². The number of rotatable bonds is 30. The average Bonchev–Trinajstić information content (AvgIpc) is 1.64. The zero-order valence-electron chi connectivity index (χ0n) is 72.9. The van der Waals surface area contributed by atoms with Crippen LogP contribution in [0.3, 0.4) is 0 Å². The molecule has 0 aromatic heterocycles. The van der Waals surface area contributed by atoms with Crippen molar-refractivity contribution in [1.82, 2.24) is 0 Å². The van der Waals surface area contributed by atoms with E-state index in [-0.39, 0.29) is 108 Å². The molecular weight excluding hydrogens is 1790 g/mol. The number of hydrogen-bond acceptors (Lipinski definition) is 34. The van der Waals surface area contributed by atoms with Crippen LogP contribution in [0.25, 0.3) is 22.3 Å². The van der Waals surface area contributed by atoms with Crippen molar-refractivity contribution in [2.45, 2.75) is 73.2 Å². The Morgan fingerprint density at radius 1 is 0.181 bits per heavy atom. The molecule has 34 heteroatoms. The third-order valence-electron chi connectivity index (χ3n) is 21.3. The minimum absolute atomic E-state index is 0.0131. The highest BCUT2D eigenvalue weighted by Gasteiger charge is 2.54. The summed E-state index contributed by atoms with van der Waals surface area (Å²) in [6.45, 7) is 20.4. The molecule has 0 amide bonds. The lowest BCUT2D eigenvalue weighted by molar-refractivity contribution is -0.129. The molecule has 16 rings (SSSR count). The van der Waals surface area contributed by atoms with Gasteiger partial charge in [-0.25, -0.2) is 67.1 Å². The lowest BCUT2D eigenvalue weighted by atomic mass is 10.0. The van der Waals surface area contributed by atoms with E-state index >= 15 is 0 Å². The van der Waals surface area contributed by atoms with Crippen LogP contribution in [0.5, 0.6) is 46.0 Å². The fourth-order valence-corrected chi connectivity index (χ4v) is 14.4. The van der Waals surface area contributed by atoms with Crippen LogP contribution in [0.15, 0.2) is 319 Å². The Labute approximate surface area is 785 Å². The molecule has 0 spiro atoms.